The van der Waals surface area contributed by atoms with Crippen molar-refractivity contribution in [3.8, 4) is 0 Å². The summed E-state index contributed by atoms with van der Waals surface area (Å²) in [5, 5.41) is 0. The summed E-state index contributed by atoms with van der Waals surface area (Å²) in [5.41, 5.74) is 5.92. The number of carbonyl (C=O) groups excluding carboxylic acids is 1. The fourth-order valence-corrected chi connectivity index (χ4v) is 0.754. The summed E-state index contributed by atoms with van der Waals surface area (Å²) >= 11 is 0. The number of imidazole rings is 1. The van der Waals surface area contributed by atoms with Crippen LogP contribution in [0.1, 0.15) is 36.1 Å². The summed E-state index contributed by atoms with van der Waals surface area (Å²) in [4.78, 5) is 17.2. The Bertz CT molecular complexity index is 264. The number of carbonyl (C=O) groups is 1. The maximum absolute atomic E-state index is 10.6. The molecule has 0 bridgehead atoms. The van der Waals surface area contributed by atoms with Gasteiger partial charge in [-0.2, -0.15) is 0 Å². The quantitative estimate of drug-likeness (QED) is 0.654. The molecule has 0 aliphatic carbocycles. The van der Waals surface area contributed by atoms with Gasteiger partial charge in [0.05, 0.1) is 0 Å². The van der Waals surface area contributed by atoms with E-state index in [9.17, 15) is 4.79 Å². The van der Waals surface area contributed by atoms with Gasteiger partial charge in [-0.05, 0) is 5.92 Å². The molecule has 0 aliphatic heterocycles. The van der Waals surface area contributed by atoms with Gasteiger partial charge >= 0.3 is 0 Å². The molecule has 4 heteroatoms. The van der Waals surface area contributed by atoms with Crippen LogP contribution in [0.3, 0.4) is 0 Å². The highest BCUT2D eigenvalue weighted by molar-refractivity contribution is 5.88. The average molecular weight is 153 g/mol. The largest absolute Gasteiger partial charge is 0.363 e. The molecule has 1 aromatic heterocycles. The first-order valence-corrected chi connectivity index (χ1v) is 3.46. The van der Waals surface area contributed by atoms with Gasteiger partial charge in [-0.3, -0.25) is 4.79 Å². The van der Waals surface area contributed by atoms with Gasteiger partial charge in [0.2, 0.25) is 0 Å². The van der Waals surface area contributed by atoms with Crippen molar-refractivity contribution < 1.29 is 4.79 Å². The van der Waals surface area contributed by atoms with Gasteiger partial charge in [-0.1, -0.05) is 13.8 Å². The summed E-state index contributed by atoms with van der Waals surface area (Å²) in [6.07, 6.45) is 1.63. The second-order valence-corrected chi connectivity index (χ2v) is 2.71. The van der Waals surface area contributed by atoms with Gasteiger partial charge in [0, 0.05) is 11.9 Å². The van der Waals surface area contributed by atoms with Crippen LogP contribution in [0.25, 0.3) is 0 Å². The van der Waals surface area contributed by atoms with Crippen LogP contribution in [-0.2, 0) is 0 Å². The first-order chi connectivity index (χ1) is 5.11. The highest BCUT2D eigenvalue weighted by atomic mass is 16.1. The van der Waals surface area contributed by atoms with Crippen LogP contribution >= 0.6 is 0 Å². The first-order valence-electron chi connectivity index (χ1n) is 3.46. The van der Waals surface area contributed by atoms with E-state index in [2.05, 4.69) is 9.97 Å². The molecular formula is C7H11N3O. The van der Waals surface area contributed by atoms with E-state index >= 15 is 0 Å². The van der Waals surface area contributed by atoms with E-state index in [1.807, 2.05) is 13.8 Å². The molecule has 0 fully saturated rings. The molecule has 0 aromatic carbocycles. The van der Waals surface area contributed by atoms with Crippen molar-refractivity contribution in [2.24, 2.45) is 5.73 Å². The highest BCUT2D eigenvalue weighted by Crippen LogP contribution is 2.09. The van der Waals surface area contributed by atoms with Crippen molar-refractivity contribution in [2.45, 2.75) is 19.8 Å². The molecule has 0 saturated carbocycles. The van der Waals surface area contributed by atoms with Crippen LogP contribution in [0.5, 0.6) is 0 Å². The van der Waals surface area contributed by atoms with Gasteiger partial charge in [-0.15, -0.1) is 0 Å². The zero-order valence-electron chi connectivity index (χ0n) is 6.59. The van der Waals surface area contributed by atoms with Gasteiger partial charge in [0.1, 0.15) is 0 Å². The van der Waals surface area contributed by atoms with Gasteiger partial charge in [0.15, 0.2) is 5.82 Å². The fraction of sp³-hybridized carbons (Fsp3) is 0.429. The molecule has 0 saturated heterocycles. The maximum atomic E-state index is 10.6. The lowest BCUT2D eigenvalue weighted by Gasteiger charge is -1.96. The van der Waals surface area contributed by atoms with E-state index in [1.165, 1.54) is 0 Å². The van der Waals surface area contributed by atoms with E-state index in [0.29, 0.717) is 5.92 Å². The van der Waals surface area contributed by atoms with E-state index in [0.717, 1.165) is 5.69 Å². The molecule has 0 spiro atoms. The van der Waals surface area contributed by atoms with Crippen LogP contribution < -0.4 is 5.73 Å². The number of nitrogens with zero attached hydrogens (tertiary/aromatic N) is 1. The fourth-order valence-electron chi connectivity index (χ4n) is 0.754. The Hall–Kier alpha value is -1.32. The maximum Gasteiger partial charge on any atom is 0.284 e. The molecule has 1 heterocycles. The Morgan fingerprint density at radius 3 is 2.64 bits per heavy atom. The number of primary amides is 1. The minimum atomic E-state index is -0.517. The van der Waals surface area contributed by atoms with Crippen molar-refractivity contribution in [2.75, 3.05) is 0 Å². The number of H-pyrrole nitrogens is 1. The lowest BCUT2D eigenvalue weighted by atomic mass is 10.2. The molecule has 1 rings (SSSR count). The number of aromatic amines is 1. The molecule has 4 nitrogen and oxygen atoms in total. The summed E-state index contributed by atoms with van der Waals surface area (Å²) in [7, 11) is 0. The first kappa shape index (κ1) is 7.78. The molecule has 0 aliphatic rings. The third kappa shape index (κ3) is 1.58. The highest BCUT2D eigenvalue weighted by Gasteiger charge is 2.07. The van der Waals surface area contributed by atoms with Gasteiger partial charge < -0.3 is 10.7 Å². The number of aromatic nitrogens is 2. The third-order valence-electron chi connectivity index (χ3n) is 1.45. The molecule has 3 N–H and O–H groups in total. The van der Waals surface area contributed by atoms with Gasteiger partial charge in [0.25, 0.3) is 5.91 Å². The number of hydrogen-bond acceptors (Lipinski definition) is 2. The van der Waals surface area contributed by atoms with Crippen molar-refractivity contribution in [1.82, 2.24) is 9.97 Å². The second kappa shape index (κ2) is 2.74. The number of rotatable bonds is 2. The van der Waals surface area contributed by atoms with E-state index in [-0.39, 0.29) is 5.82 Å². The zero-order chi connectivity index (χ0) is 8.43. The lowest BCUT2D eigenvalue weighted by molar-refractivity contribution is 0.0991. The Morgan fingerprint density at radius 2 is 2.36 bits per heavy atom. The predicted molar refractivity (Wildman–Crippen MR) is 41.2 cm³/mol. The monoisotopic (exact) mass is 153 g/mol. The molecule has 0 radical (unpaired) electrons. The molecule has 0 unspecified atom stereocenters. The molecule has 60 valence electrons. The van der Waals surface area contributed by atoms with E-state index < -0.39 is 5.91 Å². The van der Waals surface area contributed by atoms with Gasteiger partial charge in [-0.25, -0.2) is 4.98 Å². The van der Waals surface area contributed by atoms with Crippen molar-refractivity contribution in [3.05, 3.63) is 17.7 Å². The summed E-state index contributed by atoms with van der Waals surface area (Å²) in [5.74, 6) is 0.0567. The smallest absolute Gasteiger partial charge is 0.284 e. The third-order valence-corrected chi connectivity index (χ3v) is 1.45. The Balaban J connectivity index is 2.90. The zero-order valence-corrected chi connectivity index (χ0v) is 6.59. The van der Waals surface area contributed by atoms with Crippen LogP contribution in [0.4, 0.5) is 0 Å². The Labute approximate surface area is 64.8 Å². The predicted octanol–water partition coefficient (Wildman–Crippen LogP) is 0.632. The second-order valence-electron chi connectivity index (χ2n) is 2.71. The topological polar surface area (TPSA) is 71.8 Å². The molecule has 11 heavy (non-hydrogen) atoms. The lowest BCUT2D eigenvalue weighted by Crippen LogP contribution is -2.12. The summed E-state index contributed by atoms with van der Waals surface area (Å²) < 4.78 is 0. The molecule has 1 aromatic rings. The number of nitrogens with two attached hydrogens (primary N) is 1. The van der Waals surface area contributed by atoms with E-state index in [4.69, 9.17) is 5.73 Å². The van der Waals surface area contributed by atoms with Crippen LogP contribution in [0.2, 0.25) is 0 Å². The Morgan fingerprint density at radius 1 is 1.73 bits per heavy atom. The number of hydrogen-bond donors (Lipinski definition) is 2. The minimum absolute atomic E-state index is 0.230. The van der Waals surface area contributed by atoms with Crippen molar-refractivity contribution in [3.63, 3.8) is 0 Å². The Kier molecular flexibility index (Phi) is 1.94. The molecule has 1 amide bonds. The van der Waals surface area contributed by atoms with Crippen LogP contribution in [-0.4, -0.2) is 15.9 Å². The summed E-state index contributed by atoms with van der Waals surface area (Å²) in [6.45, 7) is 4.02. The van der Waals surface area contributed by atoms with E-state index in [1.54, 1.807) is 6.20 Å². The van der Waals surface area contributed by atoms with Crippen molar-refractivity contribution >= 4 is 5.91 Å². The number of nitrogens with one attached hydrogen (secondary N) is 1. The SMILES string of the molecule is CC(C)c1cnc(C(N)=O)[nH]1. The standard InChI is InChI=1S/C7H11N3O/c1-4(2)5-3-9-7(10-5)6(8)11/h3-4H,1-2H3,(H2,8,11)(H,9,10). The van der Waals surface area contributed by atoms with Crippen LogP contribution in [0, 0.1) is 0 Å². The molecule has 0 atom stereocenters. The summed E-state index contributed by atoms with van der Waals surface area (Å²) in [6, 6.07) is 0. The van der Waals surface area contributed by atoms with Crippen LogP contribution in [0.15, 0.2) is 6.20 Å². The number of amides is 1. The average Bonchev–Trinajstić information content (AvgIpc) is 2.33. The normalized spacial score (nSPS) is 10.5. The van der Waals surface area contributed by atoms with Crippen molar-refractivity contribution in [1.29, 1.82) is 0 Å². The molecular weight excluding hydrogens is 142 g/mol. The minimum Gasteiger partial charge on any atom is -0.363 e.